The number of hydrogen-bond acceptors (Lipinski definition) is 5. The Bertz CT molecular complexity index is 653. The van der Waals surface area contributed by atoms with Crippen molar-refractivity contribution >= 4 is 12.0 Å². The number of amides is 2. The second kappa shape index (κ2) is 18.1. The summed E-state index contributed by atoms with van der Waals surface area (Å²) in [5.74, 6) is -0.298. The van der Waals surface area contributed by atoms with E-state index in [0.717, 1.165) is 37.7 Å². The summed E-state index contributed by atoms with van der Waals surface area (Å²) < 4.78 is 16.7. The van der Waals surface area contributed by atoms with Crippen LogP contribution in [0.25, 0.3) is 0 Å². The van der Waals surface area contributed by atoms with Crippen molar-refractivity contribution in [1.82, 2.24) is 10.2 Å². The van der Waals surface area contributed by atoms with E-state index in [4.69, 9.17) is 14.2 Å². The van der Waals surface area contributed by atoms with Crippen LogP contribution in [0.15, 0.2) is 24.3 Å². The predicted molar refractivity (Wildman–Crippen MR) is 129 cm³/mol. The first-order valence-corrected chi connectivity index (χ1v) is 12.2. The van der Waals surface area contributed by atoms with Crippen LogP contribution >= 0.6 is 0 Å². The summed E-state index contributed by atoms with van der Waals surface area (Å²) in [5, 5.41) is 12.2. The Labute approximate surface area is 198 Å². The second-order valence-electron chi connectivity index (χ2n) is 7.87. The molecule has 0 aliphatic carbocycles. The number of ether oxygens (including phenoxy) is 3. The number of carboxylic acids is 1. The molecule has 0 aliphatic rings. The standard InChI is InChI=1S/C25H42N2O6/c1-4-7-9-17-31-18-15-27(25(30)26-14-8-5-2)16-19-33-22-12-10-21(11-13-22)20-23(24(28)29)32-6-3/h10-13,23H,4-9,14-20H2,1-3H3,(H,26,30)(H,28,29). The molecule has 0 heterocycles. The number of nitrogens with one attached hydrogen (secondary N) is 1. The van der Waals surface area contributed by atoms with Crippen LogP contribution in [-0.2, 0) is 20.7 Å². The molecule has 0 spiro atoms. The second-order valence-corrected chi connectivity index (χ2v) is 7.87. The van der Waals surface area contributed by atoms with Crippen molar-refractivity contribution in [1.29, 1.82) is 0 Å². The zero-order valence-electron chi connectivity index (χ0n) is 20.5. The van der Waals surface area contributed by atoms with Crippen molar-refractivity contribution in [3.63, 3.8) is 0 Å². The molecule has 2 N–H and O–H groups in total. The number of aliphatic carboxylic acids is 1. The number of benzene rings is 1. The minimum atomic E-state index is -0.969. The molecule has 1 aromatic carbocycles. The zero-order chi connectivity index (χ0) is 24.3. The van der Waals surface area contributed by atoms with Gasteiger partial charge < -0.3 is 29.5 Å². The minimum Gasteiger partial charge on any atom is -0.492 e. The fourth-order valence-corrected chi connectivity index (χ4v) is 3.16. The van der Waals surface area contributed by atoms with Gasteiger partial charge in [-0.05, 0) is 37.5 Å². The van der Waals surface area contributed by atoms with Gasteiger partial charge in [0.25, 0.3) is 0 Å². The van der Waals surface area contributed by atoms with Crippen molar-refractivity contribution < 1.29 is 28.9 Å². The van der Waals surface area contributed by atoms with Crippen molar-refractivity contribution in [2.24, 2.45) is 0 Å². The monoisotopic (exact) mass is 466 g/mol. The summed E-state index contributed by atoms with van der Waals surface area (Å²) in [5.41, 5.74) is 0.861. The molecule has 2 amide bonds. The summed E-state index contributed by atoms with van der Waals surface area (Å²) in [6.45, 7) is 9.57. The third-order valence-corrected chi connectivity index (χ3v) is 5.11. The van der Waals surface area contributed by atoms with Crippen LogP contribution in [0.3, 0.4) is 0 Å². The number of unbranched alkanes of at least 4 members (excludes halogenated alkanes) is 3. The normalized spacial score (nSPS) is 11.7. The van der Waals surface area contributed by atoms with Gasteiger partial charge in [-0.15, -0.1) is 0 Å². The number of carboxylic acid groups (broad SMARTS) is 1. The molecular formula is C25H42N2O6. The maximum absolute atomic E-state index is 12.5. The van der Waals surface area contributed by atoms with Gasteiger partial charge in [0.15, 0.2) is 6.10 Å². The molecule has 188 valence electrons. The lowest BCUT2D eigenvalue weighted by molar-refractivity contribution is -0.149. The van der Waals surface area contributed by atoms with Gasteiger partial charge in [-0.2, -0.15) is 0 Å². The minimum absolute atomic E-state index is 0.102. The van der Waals surface area contributed by atoms with E-state index in [9.17, 15) is 14.7 Å². The molecule has 0 saturated heterocycles. The molecule has 1 atom stereocenters. The summed E-state index contributed by atoms with van der Waals surface area (Å²) in [6.07, 6.45) is 4.76. The van der Waals surface area contributed by atoms with Gasteiger partial charge in [-0.1, -0.05) is 45.2 Å². The Morgan fingerprint density at radius 2 is 1.67 bits per heavy atom. The Morgan fingerprint density at radius 1 is 0.970 bits per heavy atom. The predicted octanol–water partition coefficient (Wildman–Crippen LogP) is 4.12. The maximum atomic E-state index is 12.5. The highest BCUT2D eigenvalue weighted by atomic mass is 16.5. The molecular weight excluding hydrogens is 424 g/mol. The van der Waals surface area contributed by atoms with Crippen LogP contribution in [0.2, 0.25) is 0 Å². The van der Waals surface area contributed by atoms with Crippen molar-refractivity contribution in [2.45, 2.75) is 65.4 Å². The highest BCUT2D eigenvalue weighted by molar-refractivity contribution is 5.74. The third kappa shape index (κ3) is 13.1. The molecule has 0 radical (unpaired) electrons. The number of hydrogen-bond donors (Lipinski definition) is 2. The summed E-state index contributed by atoms with van der Waals surface area (Å²) >= 11 is 0. The Kier molecular flexibility index (Phi) is 15.8. The van der Waals surface area contributed by atoms with Crippen LogP contribution in [-0.4, -0.2) is 74.2 Å². The lowest BCUT2D eigenvalue weighted by Gasteiger charge is -2.23. The third-order valence-electron chi connectivity index (χ3n) is 5.11. The van der Waals surface area contributed by atoms with Crippen LogP contribution in [0.5, 0.6) is 5.75 Å². The smallest absolute Gasteiger partial charge is 0.333 e. The van der Waals surface area contributed by atoms with E-state index in [1.54, 1.807) is 11.8 Å². The molecule has 0 bridgehead atoms. The average molecular weight is 467 g/mol. The number of rotatable bonds is 19. The Balaban J connectivity index is 2.50. The fraction of sp³-hybridized carbons (Fsp3) is 0.680. The van der Waals surface area contributed by atoms with E-state index in [2.05, 4.69) is 19.2 Å². The molecule has 8 nitrogen and oxygen atoms in total. The van der Waals surface area contributed by atoms with Gasteiger partial charge in [0, 0.05) is 32.7 Å². The van der Waals surface area contributed by atoms with Gasteiger partial charge in [0.05, 0.1) is 13.2 Å². The van der Waals surface area contributed by atoms with Crippen molar-refractivity contribution in [2.75, 3.05) is 46.1 Å². The van der Waals surface area contributed by atoms with Gasteiger partial charge in [0.1, 0.15) is 12.4 Å². The first-order valence-electron chi connectivity index (χ1n) is 12.2. The lowest BCUT2D eigenvalue weighted by atomic mass is 10.1. The summed E-state index contributed by atoms with van der Waals surface area (Å²) in [6, 6.07) is 7.19. The Hall–Kier alpha value is -2.32. The number of urea groups is 1. The SMILES string of the molecule is CCCCCOCCN(CCOc1ccc(CC(OCC)C(=O)O)cc1)C(=O)NCCCC. The van der Waals surface area contributed by atoms with Crippen LogP contribution in [0, 0.1) is 0 Å². The fourth-order valence-electron chi connectivity index (χ4n) is 3.16. The molecule has 0 saturated carbocycles. The van der Waals surface area contributed by atoms with Crippen molar-refractivity contribution in [3.8, 4) is 5.75 Å². The number of carbonyl (C=O) groups is 2. The quantitative estimate of drug-likeness (QED) is 0.298. The van der Waals surface area contributed by atoms with E-state index >= 15 is 0 Å². The maximum Gasteiger partial charge on any atom is 0.333 e. The van der Waals surface area contributed by atoms with Crippen LogP contribution in [0.4, 0.5) is 4.79 Å². The number of carbonyl (C=O) groups excluding carboxylic acids is 1. The van der Waals surface area contributed by atoms with Gasteiger partial charge >= 0.3 is 12.0 Å². The molecule has 1 aromatic rings. The molecule has 1 rings (SSSR count). The molecule has 33 heavy (non-hydrogen) atoms. The first kappa shape index (κ1) is 28.7. The van der Waals surface area contributed by atoms with Crippen LogP contribution < -0.4 is 10.1 Å². The van der Waals surface area contributed by atoms with E-state index in [1.165, 1.54) is 0 Å². The molecule has 1 unspecified atom stereocenters. The van der Waals surface area contributed by atoms with E-state index < -0.39 is 12.1 Å². The van der Waals surface area contributed by atoms with E-state index in [1.807, 2.05) is 24.3 Å². The molecule has 0 fully saturated rings. The highest BCUT2D eigenvalue weighted by Gasteiger charge is 2.18. The largest absolute Gasteiger partial charge is 0.492 e. The topological polar surface area (TPSA) is 97.3 Å². The molecule has 0 aliphatic heterocycles. The van der Waals surface area contributed by atoms with Gasteiger partial charge in [0.2, 0.25) is 0 Å². The number of nitrogens with zero attached hydrogens (tertiary/aromatic N) is 1. The van der Waals surface area contributed by atoms with Gasteiger partial charge in [-0.25, -0.2) is 9.59 Å². The average Bonchev–Trinajstić information content (AvgIpc) is 2.80. The zero-order valence-corrected chi connectivity index (χ0v) is 20.5. The van der Waals surface area contributed by atoms with Crippen molar-refractivity contribution in [3.05, 3.63) is 29.8 Å². The first-order chi connectivity index (χ1) is 16.0. The lowest BCUT2D eigenvalue weighted by Crippen LogP contribution is -2.44. The molecule has 8 heteroatoms. The molecule has 0 aromatic heterocycles. The highest BCUT2D eigenvalue weighted by Crippen LogP contribution is 2.14. The van der Waals surface area contributed by atoms with E-state index in [0.29, 0.717) is 58.2 Å². The van der Waals surface area contributed by atoms with Gasteiger partial charge in [-0.3, -0.25) is 0 Å². The van der Waals surface area contributed by atoms with Crippen LogP contribution in [0.1, 0.15) is 58.4 Å². The Morgan fingerprint density at radius 3 is 2.30 bits per heavy atom. The summed E-state index contributed by atoms with van der Waals surface area (Å²) in [4.78, 5) is 25.5. The summed E-state index contributed by atoms with van der Waals surface area (Å²) in [7, 11) is 0. The van der Waals surface area contributed by atoms with E-state index in [-0.39, 0.29) is 6.03 Å².